The highest BCUT2D eigenvalue weighted by Gasteiger charge is 2.30. The van der Waals surface area contributed by atoms with Crippen LogP contribution in [0.15, 0.2) is 0 Å². The molecule has 5 heteroatoms. The Kier molecular flexibility index (Phi) is 5.41. The summed E-state index contributed by atoms with van der Waals surface area (Å²) in [5.74, 6) is -0.0832. The highest BCUT2D eigenvalue weighted by Crippen LogP contribution is 2.15. The topological polar surface area (TPSA) is 75.4 Å². The van der Waals surface area contributed by atoms with Crippen molar-refractivity contribution >= 4 is 11.8 Å². The molecule has 0 bridgehead atoms. The van der Waals surface area contributed by atoms with Crippen LogP contribution in [0.3, 0.4) is 0 Å². The first-order chi connectivity index (χ1) is 8.10. The molecule has 1 heterocycles. The quantitative estimate of drug-likeness (QED) is 0.716. The summed E-state index contributed by atoms with van der Waals surface area (Å²) in [6, 6.07) is -0.422. The summed E-state index contributed by atoms with van der Waals surface area (Å²) in [5, 5.41) is 2.74. The van der Waals surface area contributed by atoms with E-state index in [-0.39, 0.29) is 24.3 Å². The SMILES string of the molecule is CC[C@H](C)[C@H](NC(=O)CN)C(=O)N1CCCC1. The molecular weight excluding hydrogens is 218 g/mol. The highest BCUT2D eigenvalue weighted by atomic mass is 16.2. The Balaban J connectivity index is 2.67. The van der Waals surface area contributed by atoms with Crippen LogP contribution in [0.25, 0.3) is 0 Å². The number of likely N-dealkylation sites (tertiary alicyclic amines) is 1. The molecule has 0 aromatic rings. The maximum atomic E-state index is 12.3. The Labute approximate surface area is 103 Å². The predicted molar refractivity (Wildman–Crippen MR) is 66.3 cm³/mol. The van der Waals surface area contributed by atoms with Crippen LogP contribution in [-0.4, -0.2) is 42.4 Å². The Bertz CT molecular complexity index is 275. The average molecular weight is 241 g/mol. The molecule has 2 atom stereocenters. The van der Waals surface area contributed by atoms with E-state index in [0.717, 1.165) is 32.4 Å². The molecule has 17 heavy (non-hydrogen) atoms. The highest BCUT2D eigenvalue weighted by molar-refractivity contribution is 5.88. The van der Waals surface area contributed by atoms with Crippen molar-refractivity contribution in [1.82, 2.24) is 10.2 Å². The van der Waals surface area contributed by atoms with Crippen LogP contribution in [0.2, 0.25) is 0 Å². The van der Waals surface area contributed by atoms with Crippen LogP contribution >= 0.6 is 0 Å². The summed E-state index contributed by atoms with van der Waals surface area (Å²) in [6.07, 6.45) is 2.97. The average Bonchev–Trinajstić information content (AvgIpc) is 2.87. The Morgan fingerprint density at radius 1 is 1.35 bits per heavy atom. The molecule has 2 amide bonds. The number of hydrogen-bond donors (Lipinski definition) is 2. The lowest BCUT2D eigenvalue weighted by atomic mass is 9.98. The maximum absolute atomic E-state index is 12.3. The third-order valence-corrected chi connectivity index (χ3v) is 3.40. The predicted octanol–water partition coefficient (Wildman–Crippen LogP) is 0.0984. The lowest BCUT2D eigenvalue weighted by molar-refractivity contribution is -0.136. The molecule has 1 aliphatic heterocycles. The third kappa shape index (κ3) is 3.70. The van der Waals surface area contributed by atoms with Gasteiger partial charge in [0, 0.05) is 13.1 Å². The summed E-state index contributed by atoms with van der Waals surface area (Å²) in [4.78, 5) is 25.5. The monoisotopic (exact) mass is 241 g/mol. The van der Waals surface area contributed by atoms with E-state index in [0.29, 0.717) is 0 Å². The Morgan fingerprint density at radius 2 is 1.94 bits per heavy atom. The van der Waals surface area contributed by atoms with E-state index in [1.54, 1.807) is 0 Å². The van der Waals surface area contributed by atoms with E-state index >= 15 is 0 Å². The van der Waals surface area contributed by atoms with Crippen molar-refractivity contribution in [3.63, 3.8) is 0 Å². The van der Waals surface area contributed by atoms with Crippen molar-refractivity contribution in [2.45, 2.75) is 39.2 Å². The number of hydrogen-bond acceptors (Lipinski definition) is 3. The molecule has 0 radical (unpaired) electrons. The summed E-state index contributed by atoms with van der Waals surface area (Å²) in [5.41, 5.74) is 5.28. The molecule has 0 unspecified atom stereocenters. The van der Waals surface area contributed by atoms with Gasteiger partial charge in [0.2, 0.25) is 11.8 Å². The normalized spacial score (nSPS) is 18.9. The van der Waals surface area contributed by atoms with Gasteiger partial charge in [0.05, 0.1) is 6.54 Å². The first kappa shape index (κ1) is 14.0. The molecule has 0 aromatic heterocycles. The van der Waals surface area contributed by atoms with Crippen molar-refractivity contribution in [3.8, 4) is 0 Å². The van der Waals surface area contributed by atoms with E-state index < -0.39 is 6.04 Å². The molecule has 0 saturated carbocycles. The molecule has 1 fully saturated rings. The summed E-state index contributed by atoms with van der Waals surface area (Å²) >= 11 is 0. The summed E-state index contributed by atoms with van der Waals surface area (Å²) in [7, 11) is 0. The fraction of sp³-hybridized carbons (Fsp3) is 0.833. The van der Waals surface area contributed by atoms with Crippen molar-refractivity contribution in [1.29, 1.82) is 0 Å². The van der Waals surface area contributed by atoms with Crippen molar-refractivity contribution in [3.05, 3.63) is 0 Å². The van der Waals surface area contributed by atoms with Gasteiger partial charge in [0.25, 0.3) is 0 Å². The second kappa shape index (κ2) is 6.59. The van der Waals surface area contributed by atoms with Crippen LogP contribution in [0.5, 0.6) is 0 Å². The van der Waals surface area contributed by atoms with Gasteiger partial charge in [0.1, 0.15) is 6.04 Å². The lowest BCUT2D eigenvalue weighted by Crippen LogP contribution is -2.52. The molecule has 1 aliphatic rings. The molecule has 1 saturated heterocycles. The number of nitrogens with zero attached hydrogens (tertiary/aromatic N) is 1. The molecule has 0 aromatic carbocycles. The number of nitrogens with one attached hydrogen (secondary N) is 1. The Morgan fingerprint density at radius 3 is 2.41 bits per heavy atom. The van der Waals surface area contributed by atoms with Crippen LogP contribution in [0.1, 0.15) is 33.1 Å². The van der Waals surface area contributed by atoms with Crippen LogP contribution < -0.4 is 11.1 Å². The van der Waals surface area contributed by atoms with Crippen molar-refractivity contribution in [2.24, 2.45) is 11.7 Å². The molecular formula is C12H23N3O2. The molecule has 1 rings (SSSR count). The fourth-order valence-electron chi connectivity index (χ4n) is 2.05. The minimum atomic E-state index is -0.422. The number of carbonyl (C=O) groups is 2. The number of amides is 2. The summed E-state index contributed by atoms with van der Waals surface area (Å²) < 4.78 is 0. The van der Waals surface area contributed by atoms with Gasteiger partial charge in [-0.1, -0.05) is 20.3 Å². The van der Waals surface area contributed by atoms with Gasteiger partial charge >= 0.3 is 0 Å². The van der Waals surface area contributed by atoms with E-state index in [1.165, 1.54) is 0 Å². The molecule has 0 spiro atoms. The Hall–Kier alpha value is -1.10. The van der Waals surface area contributed by atoms with E-state index in [1.807, 2.05) is 18.7 Å². The molecule has 5 nitrogen and oxygen atoms in total. The minimum Gasteiger partial charge on any atom is -0.343 e. The minimum absolute atomic E-state index is 0.0404. The zero-order valence-electron chi connectivity index (χ0n) is 10.7. The fourth-order valence-corrected chi connectivity index (χ4v) is 2.05. The third-order valence-electron chi connectivity index (χ3n) is 3.40. The van der Waals surface area contributed by atoms with Gasteiger partial charge in [-0.2, -0.15) is 0 Å². The molecule has 0 aliphatic carbocycles. The van der Waals surface area contributed by atoms with E-state index in [4.69, 9.17) is 5.73 Å². The van der Waals surface area contributed by atoms with Crippen LogP contribution in [-0.2, 0) is 9.59 Å². The second-order valence-electron chi connectivity index (χ2n) is 4.67. The lowest BCUT2D eigenvalue weighted by Gasteiger charge is -2.27. The zero-order chi connectivity index (χ0) is 12.8. The number of carbonyl (C=O) groups excluding carboxylic acids is 2. The first-order valence-electron chi connectivity index (χ1n) is 6.38. The van der Waals surface area contributed by atoms with Gasteiger partial charge in [0.15, 0.2) is 0 Å². The first-order valence-corrected chi connectivity index (χ1v) is 6.38. The van der Waals surface area contributed by atoms with Crippen molar-refractivity contribution < 1.29 is 9.59 Å². The number of nitrogens with two attached hydrogens (primary N) is 1. The van der Waals surface area contributed by atoms with Crippen molar-refractivity contribution in [2.75, 3.05) is 19.6 Å². The van der Waals surface area contributed by atoms with Gasteiger partial charge in [-0.05, 0) is 18.8 Å². The van der Waals surface area contributed by atoms with E-state index in [2.05, 4.69) is 5.32 Å². The molecule has 3 N–H and O–H groups in total. The van der Waals surface area contributed by atoms with Gasteiger partial charge in [-0.25, -0.2) is 0 Å². The van der Waals surface area contributed by atoms with Gasteiger partial charge in [-0.3, -0.25) is 9.59 Å². The van der Waals surface area contributed by atoms with Crippen LogP contribution in [0, 0.1) is 5.92 Å². The molecule has 98 valence electrons. The van der Waals surface area contributed by atoms with Gasteiger partial charge in [-0.15, -0.1) is 0 Å². The second-order valence-corrected chi connectivity index (χ2v) is 4.67. The van der Waals surface area contributed by atoms with Gasteiger partial charge < -0.3 is 16.0 Å². The van der Waals surface area contributed by atoms with E-state index in [9.17, 15) is 9.59 Å². The smallest absolute Gasteiger partial charge is 0.245 e. The maximum Gasteiger partial charge on any atom is 0.245 e. The standard InChI is InChI=1S/C12H23N3O2/c1-3-9(2)11(14-10(16)8-13)12(17)15-6-4-5-7-15/h9,11H,3-8,13H2,1-2H3,(H,14,16)/t9-,11-/m0/s1. The van der Waals surface area contributed by atoms with Crippen LogP contribution in [0.4, 0.5) is 0 Å². The largest absolute Gasteiger partial charge is 0.343 e. The number of rotatable bonds is 5. The summed E-state index contributed by atoms with van der Waals surface area (Å²) in [6.45, 7) is 5.55. The zero-order valence-corrected chi connectivity index (χ0v) is 10.7.